The number of nitriles is 1. The lowest BCUT2D eigenvalue weighted by molar-refractivity contribution is 1.08. The molecule has 0 spiro atoms. The largest absolute Gasteiger partial charge is 0.276 e. The zero-order valence-corrected chi connectivity index (χ0v) is 6.93. The summed E-state index contributed by atoms with van der Waals surface area (Å²) in [6, 6.07) is 5.69. The summed E-state index contributed by atoms with van der Waals surface area (Å²) in [5, 5.41) is 19.1. The number of H-pyrrole nitrogens is 1. The molecule has 0 aliphatic carbocycles. The van der Waals surface area contributed by atoms with E-state index in [0.29, 0.717) is 5.69 Å². The number of hydrogen-bond donors (Lipinski definition) is 1. The first-order valence-electron chi connectivity index (χ1n) is 3.38. The van der Waals surface area contributed by atoms with Crippen molar-refractivity contribution in [3.05, 3.63) is 28.6 Å². The van der Waals surface area contributed by atoms with E-state index in [0.717, 1.165) is 11.3 Å². The Labute approximate surface area is 73.3 Å². The van der Waals surface area contributed by atoms with Gasteiger partial charge in [-0.25, -0.2) is 0 Å². The number of nitrogens with zero attached hydrogens (tertiary/aromatic N) is 2. The third-order valence-corrected chi connectivity index (χ3v) is 2.21. The van der Waals surface area contributed by atoms with Crippen molar-refractivity contribution < 1.29 is 0 Å². The lowest BCUT2D eigenvalue weighted by Gasteiger charge is -1.85. The van der Waals surface area contributed by atoms with E-state index in [9.17, 15) is 0 Å². The molecule has 0 bridgehead atoms. The highest BCUT2D eigenvalue weighted by molar-refractivity contribution is 7.08. The van der Waals surface area contributed by atoms with Gasteiger partial charge < -0.3 is 0 Å². The van der Waals surface area contributed by atoms with Gasteiger partial charge in [-0.1, -0.05) is 0 Å². The fourth-order valence-electron chi connectivity index (χ4n) is 0.945. The van der Waals surface area contributed by atoms with Gasteiger partial charge >= 0.3 is 0 Å². The van der Waals surface area contributed by atoms with E-state index in [-0.39, 0.29) is 0 Å². The molecule has 3 nitrogen and oxygen atoms in total. The van der Waals surface area contributed by atoms with Crippen LogP contribution in [0.3, 0.4) is 0 Å². The third-order valence-electron chi connectivity index (χ3n) is 1.52. The SMILES string of the molecule is N#Cc1cc(-c2ccsc2)[nH]n1. The highest BCUT2D eigenvalue weighted by Crippen LogP contribution is 2.19. The van der Waals surface area contributed by atoms with Gasteiger partial charge in [0.15, 0.2) is 5.69 Å². The van der Waals surface area contributed by atoms with Crippen molar-refractivity contribution in [2.45, 2.75) is 0 Å². The number of rotatable bonds is 1. The molecule has 0 aliphatic heterocycles. The molecule has 4 heteroatoms. The fraction of sp³-hybridized carbons (Fsp3) is 0. The summed E-state index contributed by atoms with van der Waals surface area (Å²) in [7, 11) is 0. The van der Waals surface area contributed by atoms with Crippen molar-refractivity contribution in [2.24, 2.45) is 0 Å². The lowest BCUT2D eigenvalue weighted by Crippen LogP contribution is -1.71. The van der Waals surface area contributed by atoms with Crippen LogP contribution in [0.15, 0.2) is 22.9 Å². The van der Waals surface area contributed by atoms with Crippen LogP contribution >= 0.6 is 11.3 Å². The maximum Gasteiger partial charge on any atom is 0.162 e. The highest BCUT2D eigenvalue weighted by Gasteiger charge is 2.01. The highest BCUT2D eigenvalue weighted by atomic mass is 32.1. The summed E-state index contributed by atoms with van der Waals surface area (Å²) >= 11 is 1.62. The van der Waals surface area contributed by atoms with E-state index in [2.05, 4.69) is 10.2 Å². The number of nitrogens with one attached hydrogen (secondary N) is 1. The Kier molecular flexibility index (Phi) is 1.65. The van der Waals surface area contributed by atoms with E-state index in [4.69, 9.17) is 5.26 Å². The van der Waals surface area contributed by atoms with E-state index < -0.39 is 0 Å². The number of aromatic amines is 1. The second-order valence-electron chi connectivity index (χ2n) is 2.29. The van der Waals surface area contributed by atoms with Crippen LogP contribution in [-0.4, -0.2) is 10.2 Å². The number of thiophene rings is 1. The van der Waals surface area contributed by atoms with Crippen LogP contribution in [0.2, 0.25) is 0 Å². The Balaban J connectivity index is 2.44. The predicted molar refractivity (Wildman–Crippen MR) is 46.6 cm³/mol. The summed E-state index contributed by atoms with van der Waals surface area (Å²) < 4.78 is 0. The van der Waals surface area contributed by atoms with Crippen molar-refractivity contribution in [1.29, 1.82) is 5.26 Å². The van der Waals surface area contributed by atoms with Crippen molar-refractivity contribution in [2.75, 3.05) is 0 Å². The molecule has 12 heavy (non-hydrogen) atoms. The molecule has 0 amide bonds. The van der Waals surface area contributed by atoms with E-state index in [1.807, 2.05) is 22.9 Å². The quantitative estimate of drug-likeness (QED) is 0.720. The maximum absolute atomic E-state index is 8.52. The van der Waals surface area contributed by atoms with Crippen LogP contribution in [0.5, 0.6) is 0 Å². The van der Waals surface area contributed by atoms with Crippen molar-refractivity contribution in [3.63, 3.8) is 0 Å². The molecule has 0 aliphatic rings. The monoisotopic (exact) mass is 175 g/mol. The molecule has 0 saturated heterocycles. The van der Waals surface area contributed by atoms with Gasteiger partial charge in [0, 0.05) is 17.0 Å². The second kappa shape index (κ2) is 2.80. The standard InChI is InChI=1S/C8H5N3S/c9-4-7-3-8(11-10-7)6-1-2-12-5-6/h1-3,5H,(H,10,11). The van der Waals surface area contributed by atoms with Gasteiger partial charge in [-0.15, -0.1) is 0 Å². The Bertz CT molecular complexity index is 408. The fourth-order valence-corrected chi connectivity index (χ4v) is 1.60. The third kappa shape index (κ3) is 1.11. The van der Waals surface area contributed by atoms with Crippen molar-refractivity contribution in [1.82, 2.24) is 10.2 Å². The van der Waals surface area contributed by atoms with Crippen molar-refractivity contribution in [3.8, 4) is 17.3 Å². The van der Waals surface area contributed by atoms with Gasteiger partial charge in [-0.2, -0.15) is 21.7 Å². The van der Waals surface area contributed by atoms with Gasteiger partial charge in [-0.05, 0) is 11.4 Å². The molecule has 0 fully saturated rings. The Hall–Kier alpha value is -1.60. The predicted octanol–water partition coefficient (Wildman–Crippen LogP) is 2.01. The minimum atomic E-state index is 0.427. The average molecular weight is 175 g/mol. The van der Waals surface area contributed by atoms with E-state index >= 15 is 0 Å². The molecule has 2 aromatic heterocycles. The van der Waals surface area contributed by atoms with Crippen LogP contribution in [0, 0.1) is 11.3 Å². The lowest BCUT2D eigenvalue weighted by atomic mass is 10.2. The van der Waals surface area contributed by atoms with E-state index in [1.165, 1.54) is 0 Å². The van der Waals surface area contributed by atoms with Gasteiger partial charge in [0.1, 0.15) is 6.07 Å². The Morgan fingerprint density at radius 1 is 1.58 bits per heavy atom. The van der Waals surface area contributed by atoms with E-state index in [1.54, 1.807) is 17.4 Å². The topological polar surface area (TPSA) is 52.5 Å². The average Bonchev–Trinajstić information content (AvgIpc) is 2.75. The zero-order valence-electron chi connectivity index (χ0n) is 6.11. The van der Waals surface area contributed by atoms with Gasteiger partial charge in [0.2, 0.25) is 0 Å². The van der Waals surface area contributed by atoms with Crippen LogP contribution in [0.4, 0.5) is 0 Å². The second-order valence-corrected chi connectivity index (χ2v) is 3.07. The molecule has 0 unspecified atom stereocenters. The van der Waals surface area contributed by atoms with Gasteiger partial charge in [-0.3, -0.25) is 5.10 Å². The molecule has 2 aromatic rings. The molecule has 0 saturated carbocycles. The summed E-state index contributed by atoms with van der Waals surface area (Å²) in [4.78, 5) is 0. The first kappa shape index (κ1) is 7.07. The molecule has 0 atom stereocenters. The molecule has 2 rings (SSSR count). The number of hydrogen-bond acceptors (Lipinski definition) is 3. The summed E-state index contributed by atoms with van der Waals surface area (Å²) in [5.74, 6) is 0. The smallest absolute Gasteiger partial charge is 0.162 e. The molecule has 0 aromatic carbocycles. The van der Waals surface area contributed by atoms with Crippen molar-refractivity contribution >= 4 is 11.3 Å². The van der Waals surface area contributed by atoms with Crippen LogP contribution in [0.1, 0.15) is 5.69 Å². The molecular formula is C8H5N3S. The summed E-state index contributed by atoms with van der Waals surface area (Å²) in [5.41, 5.74) is 2.40. The summed E-state index contributed by atoms with van der Waals surface area (Å²) in [6.07, 6.45) is 0. The Morgan fingerprint density at radius 3 is 3.08 bits per heavy atom. The molecule has 0 radical (unpaired) electrons. The Morgan fingerprint density at radius 2 is 2.50 bits per heavy atom. The summed E-state index contributed by atoms with van der Waals surface area (Å²) in [6.45, 7) is 0. The first-order valence-corrected chi connectivity index (χ1v) is 4.32. The molecular weight excluding hydrogens is 170 g/mol. The maximum atomic E-state index is 8.52. The minimum Gasteiger partial charge on any atom is -0.276 e. The zero-order chi connectivity index (χ0) is 8.39. The first-order chi connectivity index (χ1) is 5.90. The van der Waals surface area contributed by atoms with Gasteiger partial charge in [0.05, 0.1) is 5.69 Å². The number of aromatic nitrogens is 2. The van der Waals surface area contributed by atoms with Crippen LogP contribution in [-0.2, 0) is 0 Å². The minimum absolute atomic E-state index is 0.427. The molecule has 1 N–H and O–H groups in total. The van der Waals surface area contributed by atoms with Gasteiger partial charge in [0.25, 0.3) is 0 Å². The molecule has 58 valence electrons. The van der Waals surface area contributed by atoms with Crippen LogP contribution in [0.25, 0.3) is 11.3 Å². The van der Waals surface area contributed by atoms with Crippen LogP contribution < -0.4 is 0 Å². The normalized spacial score (nSPS) is 9.58. The molecule has 2 heterocycles.